The number of hydrogen-bond donors (Lipinski definition) is 0. The van der Waals surface area contributed by atoms with E-state index < -0.39 is 6.43 Å². The minimum atomic E-state index is -2.70. The summed E-state index contributed by atoms with van der Waals surface area (Å²) in [6.45, 7) is 0. The maximum absolute atomic E-state index is 12.5. The standard InChI is InChI=1S/C9H7ClF2N2O/c1-15-9-6(10)4-5(8(11)12)7(14-9)2-3-13/h4,8H,2H2,1H3. The molecule has 0 saturated heterocycles. The van der Waals surface area contributed by atoms with Crippen molar-refractivity contribution in [2.24, 2.45) is 0 Å². The van der Waals surface area contributed by atoms with Crippen molar-refractivity contribution < 1.29 is 13.5 Å². The van der Waals surface area contributed by atoms with Gasteiger partial charge in [0.1, 0.15) is 5.02 Å². The van der Waals surface area contributed by atoms with Crippen molar-refractivity contribution in [3.8, 4) is 11.9 Å². The van der Waals surface area contributed by atoms with E-state index in [2.05, 4.69) is 4.98 Å². The first-order valence-corrected chi connectivity index (χ1v) is 4.36. The lowest BCUT2D eigenvalue weighted by Crippen LogP contribution is -2.01. The van der Waals surface area contributed by atoms with E-state index in [4.69, 9.17) is 21.6 Å². The van der Waals surface area contributed by atoms with Gasteiger partial charge in [0.15, 0.2) is 0 Å². The Balaban J connectivity index is 3.26. The van der Waals surface area contributed by atoms with Gasteiger partial charge in [0.25, 0.3) is 6.43 Å². The van der Waals surface area contributed by atoms with Gasteiger partial charge in [-0.2, -0.15) is 5.26 Å². The third-order valence-corrected chi connectivity index (χ3v) is 2.00. The summed E-state index contributed by atoms with van der Waals surface area (Å²) in [6, 6.07) is 2.83. The van der Waals surface area contributed by atoms with Crippen LogP contribution >= 0.6 is 11.6 Å². The van der Waals surface area contributed by atoms with E-state index in [1.807, 2.05) is 0 Å². The molecule has 0 aliphatic rings. The first-order chi connectivity index (χ1) is 7.10. The number of alkyl halides is 2. The Kier molecular flexibility index (Phi) is 3.81. The molecule has 0 radical (unpaired) electrons. The molecule has 3 nitrogen and oxygen atoms in total. The number of nitrogens with zero attached hydrogens (tertiary/aromatic N) is 2. The zero-order chi connectivity index (χ0) is 11.4. The molecular weight excluding hydrogens is 226 g/mol. The SMILES string of the molecule is COc1nc(CC#N)c(C(F)F)cc1Cl. The number of halogens is 3. The van der Waals surface area contributed by atoms with Gasteiger partial charge in [0, 0.05) is 5.56 Å². The fraction of sp³-hybridized carbons (Fsp3) is 0.333. The van der Waals surface area contributed by atoms with Gasteiger partial charge in [-0.15, -0.1) is 0 Å². The monoisotopic (exact) mass is 232 g/mol. The Labute approximate surface area is 90.3 Å². The summed E-state index contributed by atoms with van der Waals surface area (Å²) in [5.74, 6) is 0.0475. The predicted molar refractivity (Wildman–Crippen MR) is 50.1 cm³/mol. The van der Waals surface area contributed by atoms with Crippen LogP contribution < -0.4 is 4.74 Å². The van der Waals surface area contributed by atoms with Gasteiger partial charge in [-0.05, 0) is 6.07 Å². The molecule has 1 rings (SSSR count). The van der Waals surface area contributed by atoms with Crippen LogP contribution in [0.5, 0.6) is 5.88 Å². The van der Waals surface area contributed by atoms with E-state index >= 15 is 0 Å². The van der Waals surface area contributed by atoms with Crippen LogP contribution in [0.4, 0.5) is 8.78 Å². The molecule has 0 aromatic carbocycles. The Bertz CT molecular complexity index is 404. The third-order valence-electron chi connectivity index (χ3n) is 1.73. The first kappa shape index (κ1) is 11.7. The van der Waals surface area contributed by atoms with Crippen molar-refractivity contribution in [1.29, 1.82) is 5.26 Å². The van der Waals surface area contributed by atoms with E-state index in [9.17, 15) is 8.78 Å². The molecule has 15 heavy (non-hydrogen) atoms. The van der Waals surface area contributed by atoms with Crippen molar-refractivity contribution in [3.05, 3.63) is 22.3 Å². The molecule has 0 N–H and O–H groups in total. The number of nitriles is 1. The van der Waals surface area contributed by atoms with Gasteiger partial charge in [-0.25, -0.2) is 13.8 Å². The summed E-state index contributed by atoms with van der Waals surface area (Å²) in [7, 11) is 1.33. The van der Waals surface area contributed by atoms with Crippen molar-refractivity contribution in [2.75, 3.05) is 7.11 Å². The molecule has 0 aliphatic carbocycles. The lowest BCUT2D eigenvalue weighted by Gasteiger charge is -2.08. The molecule has 1 heterocycles. The normalized spacial score (nSPS) is 10.1. The second-order valence-corrected chi connectivity index (χ2v) is 3.06. The maximum atomic E-state index is 12.5. The van der Waals surface area contributed by atoms with Crippen LogP contribution in [0.15, 0.2) is 6.07 Å². The summed E-state index contributed by atoms with van der Waals surface area (Å²) >= 11 is 5.64. The highest BCUT2D eigenvalue weighted by molar-refractivity contribution is 6.31. The highest BCUT2D eigenvalue weighted by Crippen LogP contribution is 2.30. The van der Waals surface area contributed by atoms with Crippen LogP contribution in [0.25, 0.3) is 0 Å². The van der Waals surface area contributed by atoms with Crippen molar-refractivity contribution in [1.82, 2.24) is 4.98 Å². The minimum absolute atomic E-state index is 0.00579. The van der Waals surface area contributed by atoms with Gasteiger partial charge in [0.05, 0.1) is 25.3 Å². The van der Waals surface area contributed by atoms with E-state index in [0.29, 0.717) is 0 Å². The molecule has 0 spiro atoms. The number of aromatic nitrogens is 1. The minimum Gasteiger partial charge on any atom is -0.480 e. The Hall–Kier alpha value is -1.41. The average Bonchev–Trinajstić information content (AvgIpc) is 2.20. The van der Waals surface area contributed by atoms with Gasteiger partial charge in [-0.1, -0.05) is 11.6 Å². The van der Waals surface area contributed by atoms with Crippen molar-refractivity contribution >= 4 is 11.6 Å². The second kappa shape index (κ2) is 4.89. The molecule has 6 heteroatoms. The van der Waals surface area contributed by atoms with E-state index in [1.165, 1.54) is 7.11 Å². The van der Waals surface area contributed by atoms with Crippen LogP contribution in [0.1, 0.15) is 17.7 Å². The molecule has 0 unspecified atom stereocenters. The third kappa shape index (κ3) is 2.54. The smallest absolute Gasteiger partial charge is 0.265 e. The van der Waals surface area contributed by atoms with Crippen LogP contribution in [0, 0.1) is 11.3 Å². The fourth-order valence-corrected chi connectivity index (χ4v) is 1.31. The molecule has 0 amide bonds. The van der Waals surface area contributed by atoms with E-state index in [1.54, 1.807) is 6.07 Å². The summed E-state index contributed by atoms with van der Waals surface area (Å²) < 4.78 is 29.8. The molecular formula is C9H7ClF2N2O. The highest BCUT2D eigenvalue weighted by atomic mass is 35.5. The van der Waals surface area contributed by atoms with Crippen LogP contribution in [-0.4, -0.2) is 12.1 Å². The molecule has 0 fully saturated rings. The lowest BCUT2D eigenvalue weighted by atomic mass is 10.1. The Morgan fingerprint density at radius 2 is 2.33 bits per heavy atom. The molecule has 0 bridgehead atoms. The number of pyridine rings is 1. The molecule has 0 aliphatic heterocycles. The summed E-state index contributed by atoms with van der Waals surface area (Å²) in [6.07, 6.45) is -2.91. The maximum Gasteiger partial charge on any atom is 0.265 e. The largest absolute Gasteiger partial charge is 0.480 e. The van der Waals surface area contributed by atoms with Gasteiger partial charge in [0.2, 0.25) is 5.88 Å². The number of ether oxygens (including phenoxy) is 1. The molecule has 1 aromatic heterocycles. The fourth-order valence-electron chi connectivity index (χ4n) is 1.07. The van der Waals surface area contributed by atoms with Crippen LogP contribution in [0.2, 0.25) is 5.02 Å². The summed E-state index contributed by atoms with van der Waals surface area (Å²) in [5.41, 5.74) is -0.337. The average molecular weight is 233 g/mol. The van der Waals surface area contributed by atoms with Gasteiger partial charge >= 0.3 is 0 Å². The summed E-state index contributed by atoms with van der Waals surface area (Å²) in [4.78, 5) is 3.75. The Morgan fingerprint density at radius 1 is 1.67 bits per heavy atom. The van der Waals surface area contributed by atoms with E-state index in [-0.39, 0.29) is 28.6 Å². The highest BCUT2D eigenvalue weighted by Gasteiger charge is 2.17. The molecule has 0 saturated carbocycles. The van der Waals surface area contributed by atoms with Gasteiger partial charge < -0.3 is 4.74 Å². The number of rotatable bonds is 3. The quantitative estimate of drug-likeness (QED) is 0.805. The van der Waals surface area contributed by atoms with Crippen LogP contribution in [0.3, 0.4) is 0 Å². The Morgan fingerprint density at radius 3 is 2.80 bits per heavy atom. The first-order valence-electron chi connectivity index (χ1n) is 3.98. The van der Waals surface area contributed by atoms with Crippen molar-refractivity contribution in [2.45, 2.75) is 12.8 Å². The second-order valence-electron chi connectivity index (χ2n) is 2.65. The lowest BCUT2D eigenvalue weighted by molar-refractivity contribution is 0.149. The molecule has 1 aromatic rings. The van der Waals surface area contributed by atoms with Gasteiger partial charge in [-0.3, -0.25) is 0 Å². The van der Waals surface area contributed by atoms with Crippen LogP contribution in [-0.2, 0) is 6.42 Å². The summed E-state index contributed by atoms with van der Waals surface area (Å²) in [5, 5.41) is 8.46. The zero-order valence-electron chi connectivity index (χ0n) is 7.80. The molecule has 80 valence electrons. The van der Waals surface area contributed by atoms with E-state index in [0.717, 1.165) is 6.07 Å². The number of methoxy groups -OCH3 is 1. The van der Waals surface area contributed by atoms with Crippen molar-refractivity contribution in [3.63, 3.8) is 0 Å². The topological polar surface area (TPSA) is 45.9 Å². The zero-order valence-corrected chi connectivity index (χ0v) is 8.55. The molecule has 0 atom stereocenters. The number of hydrogen-bond acceptors (Lipinski definition) is 3. The predicted octanol–water partition coefficient (Wildman–Crippen LogP) is 2.75.